The maximum absolute atomic E-state index is 13.7. The maximum Gasteiger partial charge on any atom is 0.326 e. The molecule has 2 aromatic carbocycles. The summed E-state index contributed by atoms with van der Waals surface area (Å²) >= 11 is 1.48. The molecule has 0 aliphatic rings. The second-order valence-corrected chi connectivity index (χ2v) is 8.23. The number of anilines is 1. The van der Waals surface area contributed by atoms with Gasteiger partial charge < -0.3 is 15.3 Å². The van der Waals surface area contributed by atoms with E-state index in [9.17, 15) is 19.5 Å². The zero-order valence-corrected chi connectivity index (χ0v) is 19.0. The summed E-state index contributed by atoms with van der Waals surface area (Å²) in [7, 11) is 0. The van der Waals surface area contributed by atoms with Crippen molar-refractivity contribution in [1.29, 1.82) is 0 Å². The molecule has 1 aromatic heterocycles. The lowest BCUT2D eigenvalue weighted by molar-refractivity contribution is -0.142. The molecule has 1 atom stereocenters. The van der Waals surface area contributed by atoms with Crippen LogP contribution in [0.1, 0.15) is 16.8 Å². The van der Waals surface area contributed by atoms with E-state index in [0.717, 1.165) is 10.5 Å². The third-order valence-electron chi connectivity index (χ3n) is 5.01. The fraction of sp³-hybridized carbons (Fsp3) is 0.200. The van der Waals surface area contributed by atoms with Crippen LogP contribution in [0.5, 0.6) is 0 Å². The zero-order valence-electron chi connectivity index (χ0n) is 18.2. The van der Waals surface area contributed by atoms with E-state index < -0.39 is 30.4 Å². The third-order valence-corrected chi connectivity index (χ3v) is 5.65. The number of nitrogens with one attached hydrogen (secondary N) is 1. The number of benzene rings is 2. The molecule has 2 N–H and O–H groups in total. The van der Waals surface area contributed by atoms with E-state index in [1.54, 1.807) is 30.3 Å². The second-order valence-electron chi connectivity index (χ2n) is 7.24. The topological polar surface area (TPSA) is 99.6 Å². The number of nitrogens with zero attached hydrogens (tertiary/aromatic N) is 2. The van der Waals surface area contributed by atoms with Crippen LogP contribution in [-0.4, -0.2) is 57.4 Å². The van der Waals surface area contributed by atoms with Gasteiger partial charge in [-0.2, -0.15) is 11.8 Å². The van der Waals surface area contributed by atoms with Crippen molar-refractivity contribution >= 4 is 35.4 Å². The standard InChI is InChI=1S/C25H25N3O4S/c1-33-16-14-21(25(31)32)28(17-23(29)27-22-13-7-8-15-26-22)24(30)20-12-6-5-11-19(20)18-9-3-2-4-10-18/h2-13,15,21H,14,16-17H2,1H3,(H,31,32)(H,26,27,29)/t21-/m0/s1. The summed E-state index contributed by atoms with van der Waals surface area (Å²) in [5, 5.41) is 12.5. The summed E-state index contributed by atoms with van der Waals surface area (Å²) in [6.45, 7) is -0.413. The number of rotatable bonds is 10. The van der Waals surface area contributed by atoms with Gasteiger partial charge in [0.25, 0.3) is 5.91 Å². The molecule has 0 aliphatic heterocycles. The average Bonchev–Trinajstić information content (AvgIpc) is 2.84. The predicted octanol–water partition coefficient (Wildman–Crippen LogP) is 4.04. The Balaban J connectivity index is 1.96. The van der Waals surface area contributed by atoms with Crippen molar-refractivity contribution in [3.63, 3.8) is 0 Å². The molecule has 0 spiro atoms. The Hall–Kier alpha value is -3.65. The number of aliphatic carboxylic acids is 1. The van der Waals surface area contributed by atoms with Gasteiger partial charge in [-0.05, 0) is 47.8 Å². The van der Waals surface area contributed by atoms with Crippen molar-refractivity contribution in [2.24, 2.45) is 0 Å². The number of carbonyl (C=O) groups is 3. The van der Waals surface area contributed by atoms with Crippen molar-refractivity contribution in [2.75, 3.05) is 23.9 Å². The van der Waals surface area contributed by atoms with Crippen LogP contribution in [0.4, 0.5) is 5.82 Å². The summed E-state index contributed by atoms with van der Waals surface area (Å²) in [5.74, 6) is -1.33. The van der Waals surface area contributed by atoms with Gasteiger partial charge in [-0.25, -0.2) is 9.78 Å². The Labute approximate surface area is 196 Å². The van der Waals surface area contributed by atoms with Gasteiger partial charge in [0.15, 0.2) is 0 Å². The first kappa shape index (κ1) is 24.0. The smallest absolute Gasteiger partial charge is 0.326 e. The van der Waals surface area contributed by atoms with Crippen molar-refractivity contribution in [3.05, 3.63) is 84.6 Å². The number of amides is 2. The number of hydrogen-bond donors (Lipinski definition) is 2. The van der Waals surface area contributed by atoms with E-state index in [4.69, 9.17) is 0 Å². The molecule has 3 aromatic rings. The van der Waals surface area contributed by atoms with E-state index in [1.165, 1.54) is 18.0 Å². The highest BCUT2D eigenvalue weighted by Crippen LogP contribution is 2.26. The van der Waals surface area contributed by atoms with Crippen LogP contribution in [0, 0.1) is 0 Å². The van der Waals surface area contributed by atoms with Crippen LogP contribution in [-0.2, 0) is 9.59 Å². The predicted molar refractivity (Wildman–Crippen MR) is 130 cm³/mol. The number of pyridine rings is 1. The minimum atomic E-state index is -1.15. The van der Waals surface area contributed by atoms with Gasteiger partial charge in [0, 0.05) is 11.8 Å². The second kappa shape index (κ2) is 11.8. The molecule has 0 saturated heterocycles. The van der Waals surface area contributed by atoms with Gasteiger partial charge in [0.1, 0.15) is 18.4 Å². The molecule has 0 bridgehead atoms. The molecular formula is C25H25N3O4S. The molecule has 8 heteroatoms. The van der Waals surface area contributed by atoms with Gasteiger partial charge in [-0.1, -0.05) is 54.6 Å². The van der Waals surface area contributed by atoms with E-state index >= 15 is 0 Å². The first-order valence-electron chi connectivity index (χ1n) is 10.4. The molecule has 0 radical (unpaired) electrons. The average molecular weight is 464 g/mol. The molecular weight excluding hydrogens is 438 g/mol. The van der Waals surface area contributed by atoms with Crippen LogP contribution in [0.3, 0.4) is 0 Å². The number of carboxylic acids is 1. The molecule has 33 heavy (non-hydrogen) atoms. The highest BCUT2D eigenvalue weighted by atomic mass is 32.2. The molecule has 3 rings (SSSR count). The van der Waals surface area contributed by atoms with Gasteiger partial charge in [0.05, 0.1) is 0 Å². The zero-order chi connectivity index (χ0) is 23.6. The fourth-order valence-corrected chi connectivity index (χ4v) is 3.89. The summed E-state index contributed by atoms with van der Waals surface area (Å²) in [6, 6.07) is 20.3. The van der Waals surface area contributed by atoms with E-state index in [0.29, 0.717) is 22.7 Å². The molecule has 170 valence electrons. The number of aromatic nitrogens is 1. The Morgan fingerprint density at radius 1 is 1.00 bits per heavy atom. The largest absolute Gasteiger partial charge is 0.480 e. The van der Waals surface area contributed by atoms with Gasteiger partial charge in [-0.15, -0.1) is 0 Å². The highest BCUT2D eigenvalue weighted by Gasteiger charge is 2.32. The van der Waals surface area contributed by atoms with Crippen LogP contribution in [0.25, 0.3) is 11.1 Å². The quantitative estimate of drug-likeness (QED) is 0.471. The number of carboxylic acid groups (broad SMARTS) is 1. The molecule has 7 nitrogen and oxygen atoms in total. The molecule has 0 saturated carbocycles. The van der Waals surface area contributed by atoms with Crippen LogP contribution in [0.2, 0.25) is 0 Å². The van der Waals surface area contributed by atoms with E-state index in [-0.39, 0.29) is 6.42 Å². The lowest BCUT2D eigenvalue weighted by atomic mass is 9.98. The Bertz CT molecular complexity index is 1090. The Kier molecular flexibility index (Phi) is 8.60. The molecule has 0 fully saturated rings. The van der Waals surface area contributed by atoms with Crippen LogP contribution in [0.15, 0.2) is 79.0 Å². The van der Waals surface area contributed by atoms with Gasteiger partial charge in [0.2, 0.25) is 5.91 Å². The lowest BCUT2D eigenvalue weighted by Gasteiger charge is -2.29. The normalized spacial score (nSPS) is 11.4. The number of hydrogen-bond acceptors (Lipinski definition) is 5. The minimum absolute atomic E-state index is 0.215. The third kappa shape index (κ3) is 6.43. The maximum atomic E-state index is 13.7. The van der Waals surface area contributed by atoms with Gasteiger partial charge >= 0.3 is 5.97 Å². The highest BCUT2D eigenvalue weighted by molar-refractivity contribution is 7.98. The fourth-order valence-electron chi connectivity index (χ4n) is 3.43. The van der Waals surface area contributed by atoms with Crippen molar-refractivity contribution < 1.29 is 19.5 Å². The minimum Gasteiger partial charge on any atom is -0.480 e. The van der Waals surface area contributed by atoms with Crippen molar-refractivity contribution in [3.8, 4) is 11.1 Å². The molecule has 0 unspecified atom stereocenters. The van der Waals surface area contributed by atoms with Crippen LogP contribution >= 0.6 is 11.8 Å². The summed E-state index contributed by atoms with van der Waals surface area (Å²) in [6.07, 6.45) is 3.61. The first-order valence-corrected chi connectivity index (χ1v) is 11.8. The van der Waals surface area contributed by atoms with E-state index in [1.807, 2.05) is 48.7 Å². The first-order chi connectivity index (χ1) is 16.0. The molecule has 0 aliphatic carbocycles. The monoisotopic (exact) mass is 463 g/mol. The summed E-state index contributed by atoms with van der Waals surface area (Å²) in [4.78, 5) is 43.8. The number of carbonyl (C=O) groups excluding carboxylic acids is 2. The van der Waals surface area contributed by atoms with Gasteiger partial charge in [-0.3, -0.25) is 9.59 Å². The lowest BCUT2D eigenvalue weighted by Crippen LogP contribution is -2.49. The van der Waals surface area contributed by atoms with Crippen molar-refractivity contribution in [2.45, 2.75) is 12.5 Å². The van der Waals surface area contributed by atoms with E-state index in [2.05, 4.69) is 10.3 Å². The SMILES string of the molecule is CSCC[C@@H](C(=O)O)N(CC(=O)Nc1ccccn1)C(=O)c1ccccc1-c1ccccc1. The Morgan fingerprint density at radius 2 is 1.70 bits per heavy atom. The summed E-state index contributed by atoms with van der Waals surface area (Å²) < 4.78 is 0. The Morgan fingerprint density at radius 3 is 2.36 bits per heavy atom. The molecule has 1 heterocycles. The van der Waals surface area contributed by atoms with Crippen molar-refractivity contribution in [1.82, 2.24) is 9.88 Å². The number of thioether (sulfide) groups is 1. The summed E-state index contributed by atoms with van der Waals surface area (Å²) in [5.41, 5.74) is 1.84. The molecule has 2 amide bonds. The van der Waals surface area contributed by atoms with Crippen LogP contribution < -0.4 is 5.32 Å².